The maximum absolute atomic E-state index is 11.7. The smallest absolute Gasteiger partial charge is 0.227 e. The van der Waals surface area contributed by atoms with E-state index in [9.17, 15) is 4.79 Å². The van der Waals surface area contributed by atoms with Crippen LogP contribution in [-0.4, -0.2) is 25.0 Å². The minimum absolute atomic E-state index is 0.0601. The summed E-state index contributed by atoms with van der Waals surface area (Å²) in [5.41, 5.74) is -0.225. The summed E-state index contributed by atoms with van der Waals surface area (Å²) >= 11 is 0. The van der Waals surface area contributed by atoms with E-state index in [1.165, 1.54) is 0 Å². The average molecular weight is 182 g/mol. The molecule has 1 rings (SSSR count). The van der Waals surface area contributed by atoms with E-state index < -0.39 is 0 Å². The van der Waals surface area contributed by atoms with Crippen LogP contribution in [-0.2, 0) is 4.79 Å². The molecule has 0 aromatic rings. The predicted octanol–water partition coefficient (Wildman–Crippen LogP) is 0.677. The van der Waals surface area contributed by atoms with Crippen LogP contribution >= 0.6 is 0 Å². The third-order valence-electron chi connectivity index (χ3n) is 2.63. The Labute approximate surface area is 79.6 Å². The molecule has 0 spiro atoms. The number of carbonyl (C=O) groups excluding carboxylic acids is 1. The van der Waals surface area contributed by atoms with Gasteiger partial charge in [0.25, 0.3) is 0 Å². The Morgan fingerprint density at radius 3 is 2.92 bits per heavy atom. The van der Waals surface area contributed by atoms with Crippen LogP contribution in [0.1, 0.15) is 20.3 Å². The van der Waals surface area contributed by atoms with Crippen molar-refractivity contribution in [3.8, 4) is 0 Å². The van der Waals surface area contributed by atoms with Gasteiger partial charge in [0.1, 0.15) is 0 Å². The Morgan fingerprint density at radius 2 is 2.46 bits per heavy atom. The third kappa shape index (κ3) is 2.31. The van der Waals surface area contributed by atoms with Crippen LogP contribution in [0.5, 0.6) is 0 Å². The highest BCUT2D eigenvalue weighted by Crippen LogP contribution is 2.24. The molecule has 0 aliphatic carbocycles. The Morgan fingerprint density at radius 1 is 1.77 bits per heavy atom. The summed E-state index contributed by atoms with van der Waals surface area (Å²) in [5, 5.41) is 6.11. The van der Waals surface area contributed by atoms with Crippen molar-refractivity contribution in [3.05, 3.63) is 12.7 Å². The van der Waals surface area contributed by atoms with Gasteiger partial charge in [-0.3, -0.25) is 4.79 Å². The highest BCUT2D eigenvalue weighted by atomic mass is 16.2. The second kappa shape index (κ2) is 3.92. The van der Waals surface area contributed by atoms with E-state index in [4.69, 9.17) is 0 Å². The first kappa shape index (κ1) is 10.3. The Kier molecular flexibility index (Phi) is 3.09. The van der Waals surface area contributed by atoms with E-state index in [0.29, 0.717) is 0 Å². The molecule has 1 aliphatic heterocycles. The highest BCUT2D eigenvalue weighted by Gasteiger charge is 2.36. The maximum Gasteiger partial charge on any atom is 0.227 e. The molecular formula is C10H18N2O. The zero-order valence-corrected chi connectivity index (χ0v) is 8.39. The van der Waals surface area contributed by atoms with Crippen LogP contribution in [0.2, 0.25) is 0 Å². The molecule has 0 saturated carbocycles. The van der Waals surface area contributed by atoms with Crippen molar-refractivity contribution in [2.24, 2.45) is 5.41 Å². The molecule has 1 aliphatic rings. The fourth-order valence-electron chi connectivity index (χ4n) is 1.45. The molecular weight excluding hydrogens is 164 g/mol. The Hall–Kier alpha value is -0.830. The van der Waals surface area contributed by atoms with E-state index in [2.05, 4.69) is 17.2 Å². The summed E-state index contributed by atoms with van der Waals surface area (Å²) in [5.74, 6) is 0.130. The Balaban J connectivity index is 2.51. The maximum atomic E-state index is 11.7. The number of hydrogen-bond donors (Lipinski definition) is 2. The van der Waals surface area contributed by atoms with E-state index in [0.717, 1.165) is 19.5 Å². The van der Waals surface area contributed by atoms with E-state index in [1.807, 2.05) is 13.8 Å². The van der Waals surface area contributed by atoms with Gasteiger partial charge in [0.2, 0.25) is 5.91 Å². The summed E-state index contributed by atoms with van der Waals surface area (Å²) in [4.78, 5) is 11.7. The lowest BCUT2D eigenvalue weighted by Gasteiger charge is -2.23. The van der Waals surface area contributed by atoms with Crippen molar-refractivity contribution in [1.82, 2.24) is 10.6 Å². The number of nitrogens with one attached hydrogen (secondary N) is 2. The monoisotopic (exact) mass is 182 g/mol. The van der Waals surface area contributed by atoms with Gasteiger partial charge in [-0.2, -0.15) is 0 Å². The van der Waals surface area contributed by atoms with Gasteiger partial charge in [-0.1, -0.05) is 6.08 Å². The summed E-state index contributed by atoms with van der Waals surface area (Å²) < 4.78 is 0. The second-order valence-electron chi connectivity index (χ2n) is 3.99. The molecule has 74 valence electrons. The fraction of sp³-hybridized carbons (Fsp3) is 0.700. The normalized spacial score (nSPS) is 29.7. The topological polar surface area (TPSA) is 41.1 Å². The molecule has 0 aromatic heterocycles. The largest absolute Gasteiger partial charge is 0.350 e. The fourth-order valence-corrected chi connectivity index (χ4v) is 1.45. The van der Waals surface area contributed by atoms with Gasteiger partial charge in [-0.25, -0.2) is 0 Å². The average Bonchev–Trinajstić information content (AvgIpc) is 2.53. The standard InChI is InChI=1S/C10H18N2O/c1-4-8(2)12-9(13)10(3)5-6-11-7-10/h4,8,11H,1,5-7H2,2-3H3,(H,12,13). The molecule has 3 heteroatoms. The first-order valence-corrected chi connectivity index (χ1v) is 4.73. The molecule has 13 heavy (non-hydrogen) atoms. The van der Waals surface area contributed by atoms with Gasteiger partial charge in [-0.05, 0) is 26.8 Å². The zero-order valence-electron chi connectivity index (χ0n) is 8.39. The van der Waals surface area contributed by atoms with Crippen molar-refractivity contribution < 1.29 is 4.79 Å². The molecule has 0 bridgehead atoms. The summed E-state index contributed by atoms with van der Waals surface area (Å²) in [7, 11) is 0. The van der Waals surface area contributed by atoms with Crippen LogP contribution in [0.3, 0.4) is 0 Å². The van der Waals surface area contributed by atoms with Gasteiger partial charge in [-0.15, -0.1) is 6.58 Å². The number of rotatable bonds is 3. The molecule has 1 fully saturated rings. The second-order valence-corrected chi connectivity index (χ2v) is 3.99. The Bertz CT molecular complexity index is 207. The lowest BCUT2D eigenvalue weighted by atomic mass is 9.88. The minimum Gasteiger partial charge on any atom is -0.350 e. The number of carbonyl (C=O) groups is 1. The molecule has 0 radical (unpaired) electrons. The molecule has 2 atom stereocenters. The minimum atomic E-state index is -0.225. The molecule has 1 heterocycles. The van der Waals surface area contributed by atoms with Crippen LogP contribution in [0.25, 0.3) is 0 Å². The summed E-state index contributed by atoms with van der Waals surface area (Å²) in [6.07, 6.45) is 2.66. The van der Waals surface area contributed by atoms with Gasteiger partial charge >= 0.3 is 0 Å². The van der Waals surface area contributed by atoms with Crippen LogP contribution in [0.15, 0.2) is 12.7 Å². The predicted molar refractivity (Wildman–Crippen MR) is 53.4 cm³/mol. The SMILES string of the molecule is C=CC(C)NC(=O)C1(C)CCNC1. The van der Waals surface area contributed by atoms with Gasteiger partial charge in [0, 0.05) is 12.6 Å². The lowest BCUT2D eigenvalue weighted by molar-refractivity contribution is -0.129. The summed E-state index contributed by atoms with van der Waals surface area (Å²) in [6, 6.07) is 0.0601. The molecule has 2 N–H and O–H groups in total. The third-order valence-corrected chi connectivity index (χ3v) is 2.63. The highest BCUT2D eigenvalue weighted by molar-refractivity contribution is 5.83. The van der Waals surface area contributed by atoms with Gasteiger partial charge < -0.3 is 10.6 Å². The van der Waals surface area contributed by atoms with Crippen LogP contribution < -0.4 is 10.6 Å². The van der Waals surface area contributed by atoms with Crippen molar-refractivity contribution in [3.63, 3.8) is 0 Å². The number of amides is 1. The summed E-state index contributed by atoms with van der Waals surface area (Å²) in [6.45, 7) is 9.28. The van der Waals surface area contributed by atoms with Gasteiger partial charge in [0.15, 0.2) is 0 Å². The van der Waals surface area contributed by atoms with E-state index >= 15 is 0 Å². The van der Waals surface area contributed by atoms with E-state index in [1.54, 1.807) is 6.08 Å². The van der Waals surface area contributed by atoms with Crippen molar-refractivity contribution in [2.75, 3.05) is 13.1 Å². The van der Waals surface area contributed by atoms with Gasteiger partial charge in [0.05, 0.1) is 5.41 Å². The lowest BCUT2D eigenvalue weighted by Crippen LogP contribution is -2.43. The van der Waals surface area contributed by atoms with Crippen molar-refractivity contribution in [2.45, 2.75) is 26.3 Å². The molecule has 1 saturated heterocycles. The van der Waals surface area contributed by atoms with Crippen LogP contribution in [0, 0.1) is 5.41 Å². The zero-order chi connectivity index (χ0) is 9.90. The number of hydrogen-bond acceptors (Lipinski definition) is 2. The van der Waals surface area contributed by atoms with Crippen LogP contribution in [0.4, 0.5) is 0 Å². The molecule has 2 unspecified atom stereocenters. The molecule has 3 nitrogen and oxygen atoms in total. The van der Waals surface area contributed by atoms with Crippen molar-refractivity contribution in [1.29, 1.82) is 0 Å². The molecule has 0 aromatic carbocycles. The van der Waals surface area contributed by atoms with E-state index in [-0.39, 0.29) is 17.4 Å². The first-order chi connectivity index (χ1) is 6.08. The molecule has 1 amide bonds. The first-order valence-electron chi connectivity index (χ1n) is 4.73. The van der Waals surface area contributed by atoms with Crippen molar-refractivity contribution >= 4 is 5.91 Å². The quantitative estimate of drug-likeness (QED) is 0.630.